The van der Waals surface area contributed by atoms with Crippen LogP contribution in [0.25, 0.3) is 0 Å². The molecule has 0 aromatic rings. The van der Waals surface area contributed by atoms with Gasteiger partial charge in [0.1, 0.15) is 0 Å². The summed E-state index contributed by atoms with van der Waals surface area (Å²) >= 11 is 0. The molecule has 0 bridgehead atoms. The third-order valence-corrected chi connectivity index (χ3v) is 3.57. The van der Waals surface area contributed by atoms with E-state index < -0.39 is 0 Å². The van der Waals surface area contributed by atoms with Crippen LogP contribution in [0.4, 0.5) is 0 Å². The van der Waals surface area contributed by atoms with Crippen molar-refractivity contribution in [2.45, 2.75) is 85.0 Å². The summed E-state index contributed by atoms with van der Waals surface area (Å²) in [6, 6.07) is 0. The molecule has 0 rings (SSSR count). The zero-order valence-electron chi connectivity index (χ0n) is 13.5. The average molecular weight is 255 g/mol. The molecule has 18 heavy (non-hydrogen) atoms. The lowest BCUT2D eigenvalue weighted by molar-refractivity contribution is 0.288. The van der Waals surface area contributed by atoms with Gasteiger partial charge in [-0.2, -0.15) is 0 Å². The van der Waals surface area contributed by atoms with Crippen molar-refractivity contribution in [1.82, 2.24) is 4.90 Å². The van der Waals surface area contributed by atoms with E-state index in [2.05, 4.69) is 32.7 Å². The Balaban J connectivity index is 3.07. The Bertz CT molecular complexity index is 154. The van der Waals surface area contributed by atoms with Crippen molar-refractivity contribution < 1.29 is 0 Å². The van der Waals surface area contributed by atoms with Crippen LogP contribution in [0.5, 0.6) is 0 Å². The van der Waals surface area contributed by atoms with Gasteiger partial charge < -0.3 is 4.90 Å². The van der Waals surface area contributed by atoms with E-state index in [-0.39, 0.29) is 0 Å². The maximum absolute atomic E-state index is 2.48. The lowest BCUT2D eigenvalue weighted by Gasteiger charge is -2.18. The van der Waals surface area contributed by atoms with E-state index in [1.165, 1.54) is 77.3 Å². The Hall–Kier alpha value is -0.0400. The summed E-state index contributed by atoms with van der Waals surface area (Å²) in [6.45, 7) is 9.42. The molecule has 0 heterocycles. The van der Waals surface area contributed by atoms with Gasteiger partial charge in [-0.25, -0.2) is 0 Å². The maximum Gasteiger partial charge on any atom is 0.000133 e. The molecule has 0 saturated carbocycles. The summed E-state index contributed by atoms with van der Waals surface area (Å²) in [4.78, 5) is 2.48. The molecule has 0 radical (unpaired) electrons. The van der Waals surface area contributed by atoms with Crippen LogP contribution in [0.2, 0.25) is 0 Å². The zero-order valence-corrected chi connectivity index (χ0v) is 13.5. The van der Waals surface area contributed by atoms with Crippen molar-refractivity contribution in [2.24, 2.45) is 5.92 Å². The van der Waals surface area contributed by atoms with Crippen LogP contribution in [0.15, 0.2) is 0 Å². The molecule has 0 aliphatic carbocycles. The summed E-state index contributed by atoms with van der Waals surface area (Å²) in [5.41, 5.74) is 0. The Kier molecular flexibility index (Phi) is 13.4. The van der Waals surface area contributed by atoms with Crippen molar-refractivity contribution in [3.05, 3.63) is 0 Å². The van der Waals surface area contributed by atoms with Crippen molar-refractivity contribution in [3.8, 4) is 0 Å². The van der Waals surface area contributed by atoms with Crippen molar-refractivity contribution in [1.29, 1.82) is 0 Å². The Labute approximate surface area is 116 Å². The summed E-state index contributed by atoms with van der Waals surface area (Å²) in [5, 5.41) is 0. The minimum atomic E-state index is 0.804. The third-order valence-electron chi connectivity index (χ3n) is 3.57. The number of hydrogen-bond acceptors (Lipinski definition) is 1. The number of hydrogen-bond donors (Lipinski definition) is 0. The predicted octanol–water partition coefficient (Wildman–Crippen LogP) is 5.50. The average Bonchev–Trinajstić information content (AvgIpc) is 2.30. The molecule has 0 N–H and O–H groups in total. The molecule has 0 aromatic carbocycles. The second kappa shape index (κ2) is 13.4. The third kappa shape index (κ3) is 14.0. The van der Waals surface area contributed by atoms with Crippen LogP contribution in [-0.4, -0.2) is 25.0 Å². The van der Waals surface area contributed by atoms with Crippen molar-refractivity contribution in [3.63, 3.8) is 0 Å². The topological polar surface area (TPSA) is 3.24 Å². The summed E-state index contributed by atoms with van der Waals surface area (Å²) in [7, 11) is 2.26. The molecular formula is C17H37N. The predicted molar refractivity (Wildman–Crippen MR) is 84.2 cm³/mol. The van der Waals surface area contributed by atoms with Crippen LogP contribution in [0, 0.1) is 5.92 Å². The van der Waals surface area contributed by atoms with E-state index in [0.717, 1.165) is 5.92 Å². The van der Waals surface area contributed by atoms with Crippen molar-refractivity contribution >= 4 is 0 Å². The highest BCUT2D eigenvalue weighted by atomic mass is 15.1. The van der Waals surface area contributed by atoms with E-state index in [0.29, 0.717) is 0 Å². The minimum Gasteiger partial charge on any atom is -0.306 e. The Morgan fingerprint density at radius 1 is 0.722 bits per heavy atom. The van der Waals surface area contributed by atoms with E-state index in [1.54, 1.807) is 0 Å². The first-order valence-electron chi connectivity index (χ1n) is 8.35. The van der Waals surface area contributed by atoms with E-state index >= 15 is 0 Å². The summed E-state index contributed by atoms with van der Waals surface area (Å²) in [5.74, 6) is 0.804. The standard InChI is InChI=1S/C17H37N/c1-5-6-7-8-9-10-11-12-13-14-15-18(4)16-17(2)3/h17H,5-16H2,1-4H3. The molecule has 0 spiro atoms. The smallest absolute Gasteiger partial charge is 0.000133 e. The fourth-order valence-electron chi connectivity index (χ4n) is 2.58. The van der Waals surface area contributed by atoms with E-state index in [1.807, 2.05) is 0 Å². The van der Waals surface area contributed by atoms with Gasteiger partial charge in [-0.1, -0.05) is 78.6 Å². The maximum atomic E-state index is 2.48. The van der Waals surface area contributed by atoms with Crippen LogP contribution >= 0.6 is 0 Å². The first kappa shape index (κ1) is 18.0. The van der Waals surface area contributed by atoms with Gasteiger partial charge in [-0.3, -0.25) is 0 Å². The zero-order chi connectivity index (χ0) is 13.6. The highest BCUT2D eigenvalue weighted by Crippen LogP contribution is 2.10. The summed E-state index contributed by atoms with van der Waals surface area (Å²) < 4.78 is 0. The highest BCUT2D eigenvalue weighted by Gasteiger charge is 2.00. The van der Waals surface area contributed by atoms with Gasteiger partial charge in [0.2, 0.25) is 0 Å². The van der Waals surface area contributed by atoms with Gasteiger partial charge in [0.15, 0.2) is 0 Å². The molecule has 0 fully saturated rings. The Morgan fingerprint density at radius 2 is 1.17 bits per heavy atom. The van der Waals surface area contributed by atoms with Gasteiger partial charge in [0.05, 0.1) is 0 Å². The second-order valence-electron chi connectivity index (χ2n) is 6.34. The first-order valence-corrected chi connectivity index (χ1v) is 8.35. The quantitative estimate of drug-likeness (QED) is 0.393. The minimum absolute atomic E-state index is 0.804. The van der Waals surface area contributed by atoms with Gasteiger partial charge in [0, 0.05) is 6.54 Å². The SMILES string of the molecule is CCCCCCCCCCCCN(C)CC(C)C. The normalized spacial score (nSPS) is 11.7. The van der Waals surface area contributed by atoms with E-state index in [4.69, 9.17) is 0 Å². The van der Waals surface area contributed by atoms with Crippen LogP contribution < -0.4 is 0 Å². The van der Waals surface area contributed by atoms with Gasteiger partial charge >= 0.3 is 0 Å². The van der Waals surface area contributed by atoms with Crippen LogP contribution in [-0.2, 0) is 0 Å². The first-order chi connectivity index (χ1) is 8.66. The fourth-order valence-corrected chi connectivity index (χ4v) is 2.58. The van der Waals surface area contributed by atoms with Gasteiger partial charge in [-0.05, 0) is 25.9 Å². The number of rotatable bonds is 13. The van der Waals surface area contributed by atoms with Gasteiger partial charge in [-0.15, -0.1) is 0 Å². The molecule has 0 aliphatic rings. The second-order valence-corrected chi connectivity index (χ2v) is 6.34. The largest absolute Gasteiger partial charge is 0.306 e. The fraction of sp³-hybridized carbons (Fsp3) is 1.00. The lowest BCUT2D eigenvalue weighted by atomic mass is 10.1. The van der Waals surface area contributed by atoms with E-state index in [9.17, 15) is 0 Å². The van der Waals surface area contributed by atoms with Crippen LogP contribution in [0.3, 0.4) is 0 Å². The molecule has 0 atom stereocenters. The molecule has 0 saturated heterocycles. The molecule has 0 aromatic heterocycles. The lowest BCUT2D eigenvalue weighted by Crippen LogP contribution is -2.24. The molecular weight excluding hydrogens is 218 g/mol. The van der Waals surface area contributed by atoms with Crippen molar-refractivity contribution in [2.75, 3.05) is 20.1 Å². The molecule has 0 aliphatic heterocycles. The molecule has 1 nitrogen and oxygen atoms in total. The number of unbranched alkanes of at least 4 members (excludes halogenated alkanes) is 9. The Morgan fingerprint density at radius 3 is 1.61 bits per heavy atom. The summed E-state index contributed by atoms with van der Waals surface area (Å²) in [6.07, 6.45) is 14.4. The number of nitrogens with zero attached hydrogens (tertiary/aromatic N) is 1. The van der Waals surface area contributed by atoms with Gasteiger partial charge in [0.25, 0.3) is 0 Å². The highest BCUT2D eigenvalue weighted by molar-refractivity contribution is 4.55. The van der Waals surface area contributed by atoms with Crippen LogP contribution in [0.1, 0.15) is 85.0 Å². The monoisotopic (exact) mass is 255 g/mol. The molecule has 0 amide bonds. The molecule has 1 heteroatoms. The molecule has 110 valence electrons. The molecule has 0 unspecified atom stereocenters.